The van der Waals surface area contributed by atoms with Crippen LogP contribution in [0.5, 0.6) is 5.75 Å². The third-order valence-electron chi connectivity index (χ3n) is 6.13. The minimum atomic E-state index is -0.409. The normalized spacial score (nSPS) is 13.6. The number of benzene rings is 2. The number of carbonyl (C=O) groups excluding carboxylic acids is 1. The number of aryl methyl sites for hydroxylation is 2. The smallest absolute Gasteiger partial charge is 0.339 e. The van der Waals surface area contributed by atoms with E-state index < -0.39 is 5.63 Å². The van der Waals surface area contributed by atoms with E-state index in [4.69, 9.17) is 25.5 Å². The molecule has 4 rings (SSSR count). The molecule has 0 amide bonds. The van der Waals surface area contributed by atoms with Crippen LogP contribution in [0.2, 0.25) is 5.02 Å². The molecule has 0 N–H and O–H groups in total. The van der Waals surface area contributed by atoms with Crippen LogP contribution in [0.1, 0.15) is 41.2 Å². The Morgan fingerprint density at radius 2 is 1.91 bits per heavy atom. The lowest BCUT2D eigenvalue weighted by atomic mass is 9.97. The highest BCUT2D eigenvalue weighted by molar-refractivity contribution is 6.30. The summed E-state index contributed by atoms with van der Waals surface area (Å²) >= 11 is 5.98. The number of hydrogen-bond donors (Lipinski definition) is 0. The lowest BCUT2D eigenvalue weighted by Crippen LogP contribution is -2.34. The first-order chi connectivity index (χ1) is 15.9. The van der Waals surface area contributed by atoms with Gasteiger partial charge in [0.15, 0.2) is 0 Å². The van der Waals surface area contributed by atoms with Gasteiger partial charge in [-0.1, -0.05) is 23.7 Å². The third kappa shape index (κ3) is 5.07. The maximum Gasteiger partial charge on any atom is 0.339 e. The first-order valence-electron chi connectivity index (χ1n) is 11.2. The monoisotopic (exact) mass is 469 g/mol. The van der Waals surface area contributed by atoms with Crippen LogP contribution in [0, 0.1) is 13.8 Å². The van der Waals surface area contributed by atoms with E-state index in [9.17, 15) is 9.59 Å². The Morgan fingerprint density at radius 1 is 1.15 bits per heavy atom. The van der Waals surface area contributed by atoms with Crippen molar-refractivity contribution >= 4 is 28.5 Å². The Labute approximate surface area is 198 Å². The molecule has 0 spiro atoms. The van der Waals surface area contributed by atoms with Gasteiger partial charge in [-0.3, -0.25) is 9.69 Å². The number of hydrogen-bond acceptors (Lipinski definition) is 6. The van der Waals surface area contributed by atoms with Gasteiger partial charge in [-0.05, 0) is 62.9 Å². The summed E-state index contributed by atoms with van der Waals surface area (Å²) < 4.78 is 16.8. The topological polar surface area (TPSA) is 69.0 Å². The van der Waals surface area contributed by atoms with Crippen molar-refractivity contribution in [3.05, 3.63) is 73.6 Å². The van der Waals surface area contributed by atoms with Crippen LogP contribution in [0.4, 0.5) is 0 Å². The molecular formula is C26H28ClNO5. The Bertz CT molecular complexity index is 1230. The van der Waals surface area contributed by atoms with Gasteiger partial charge in [0.2, 0.25) is 0 Å². The molecule has 7 heteroatoms. The van der Waals surface area contributed by atoms with Crippen molar-refractivity contribution in [2.45, 2.75) is 46.6 Å². The van der Waals surface area contributed by atoms with Crippen LogP contribution in [0.25, 0.3) is 11.0 Å². The average Bonchev–Trinajstić information content (AvgIpc) is 2.79. The Hall–Kier alpha value is -2.83. The van der Waals surface area contributed by atoms with Gasteiger partial charge in [0.05, 0.1) is 6.61 Å². The van der Waals surface area contributed by atoms with Gasteiger partial charge in [-0.15, -0.1) is 0 Å². The van der Waals surface area contributed by atoms with E-state index in [1.54, 1.807) is 6.92 Å². The predicted octanol–water partition coefficient (Wildman–Crippen LogP) is 4.95. The molecule has 1 aliphatic heterocycles. The van der Waals surface area contributed by atoms with Gasteiger partial charge in [-0.25, -0.2) is 4.79 Å². The maximum atomic E-state index is 12.7. The van der Waals surface area contributed by atoms with Gasteiger partial charge < -0.3 is 13.9 Å². The van der Waals surface area contributed by atoms with Gasteiger partial charge in [0.1, 0.15) is 18.1 Å². The molecule has 1 aliphatic rings. The minimum Gasteiger partial charge on any atom is -0.477 e. The van der Waals surface area contributed by atoms with E-state index in [-0.39, 0.29) is 12.4 Å². The molecule has 0 bridgehead atoms. The van der Waals surface area contributed by atoms with E-state index >= 15 is 0 Å². The quantitative estimate of drug-likeness (QED) is 0.360. The van der Waals surface area contributed by atoms with Crippen LogP contribution in [-0.4, -0.2) is 30.8 Å². The van der Waals surface area contributed by atoms with Crippen LogP contribution >= 0.6 is 11.6 Å². The van der Waals surface area contributed by atoms with E-state index in [1.165, 1.54) is 5.56 Å². The fourth-order valence-corrected chi connectivity index (χ4v) is 4.45. The molecule has 0 saturated carbocycles. The standard InChI is InChI=1S/C26H28ClNO5/c1-4-31-23(29)10-9-21-16(2)22-13-19-14-28(12-11-18-5-7-20(27)8-6-18)15-32-24(19)17(3)25(22)33-26(21)30/h5-8,13H,4,9-12,14-15H2,1-3H3. The first-order valence-corrected chi connectivity index (χ1v) is 11.6. The summed E-state index contributed by atoms with van der Waals surface area (Å²) in [6.45, 7) is 8.00. The molecule has 2 heterocycles. The summed E-state index contributed by atoms with van der Waals surface area (Å²) in [4.78, 5) is 26.7. The average molecular weight is 470 g/mol. The summed E-state index contributed by atoms with van der Waals surface area (Å²) in [6, 6.07) is 9.96. The summed E-state index contributed by atoms with van der Waals surface area (Å²) in [6.07, 6.45) is 1.34. The van der Waals surface area contributed by atoms with E-state index in [0.717, 1.165) is 52.4 Å². The number of fused-ring (bicyclic) bond motifs is 2. The summed E-state index contributed by atoms with van der Waals surface area (Å²) in [5.41, 5.74) is 4.62. The number of nitrogens with zero attached hydrogens (tertiary/aromatic N) is 1. The Balaban J connectivity index is 1.58. The van der Waals surface area contributed by atoms with Crippen molar-refractivity contribution in [2.24, 2.45) is 0 Å². The van der Waals surface area contributed by atoms with Crippen molar-refractivity contribution in [3.63, 3.8) is 0 Å². The lowest BCUT2D eigenvalue weighted by molar-refractivity contribution is -0.143. The second kappa shape index (κ2) is 9.98. The second-order valence-electron chi connectivity index (χ2n) is 8.37. The van der Waals surface area contributed by atoms with Gasteiger partial charge >= 0.3 is 11.6 Å². The minimum absolute atomic E-state index is 0.149. The Morgan fingerprint density at radius 3 is 2.64 bits per heavy atom. The van der Waals surface area contributed by atoms with Crippen molar-refractivity contribution < 1.29 is 18.7 Å². The molecular weight excluding hydrogens is 442 g/mol. The van der Waals surface area contributed by atoms with E-state index in [1.807, 2.05) is 38.1 Å². The largest absolute Gasteiger partial charge is 0.477 e. The SMILES string of the molecule is CCOC(=O)CCc1c(C)c2cc3c(c(C)c2oc1=O)OCN(CCc1ccc(Cl)cc1)C3. The molecule has 0 unspecified atom stereocenters. The zero-order valence-corrected chi connectivity index (χ0v) is 20.0. The molecule has 0 aliphatic carbocycles. The van der Waals surface area contributed by atoms with E-state index in [0.29, 0.717) is 30.9 Å². The number of carbonyl (C=O) groups is 1. The van der Waals surface area contributed by atoms with Crippen molar-refractivity contribution in [1.82, 2.24) is 4.90 Å². The molecule has 33 heavy (non-hydrogen) atoms. The molecule has 0 fully saturated rings. The maximum absolute atomic E-state index is 12.7. The highest BCUT2D eigenvalue weighted by atomic mass is 35.5. The second-order valence-corrected chi connectivity index (χ2v) is 8.80. The zero-order chi connectivity index (χ0) is 23.5. The molecule has 0 radical (unpaired) electrons. The first kappa shape index (κ1) is 23.3. The Kier molecular flexibility index (Phi) is 7.05. The molecule has 3 aromatic rings. The molecule has 6 nitrogen and oxygen atoms in total. The summed E-state index contributed by atoms with van der Waals surface area (Å²) in [5, 5.41) is 1.62. The fraction of sp³-hybridized carbons (Fsp3) is 0.385. The van der Waals surface area contributed by atoms with Crippen molar-refractivity contribution in [3.8, 4) is 5.75 Å². The lowest BCUT2D eigenvalue weighted by Gasteiger charge is -2.30. The van der Waals surface area contributed by atoms with Crippen molar-refractivity contribution in [2.75, 3.05) is 19.9 Å². The number of esters is 1. The molecule has 2 aromatic carbocycles. The van der Waals surface area contributed by atoms with Crippen LogP contribution in [0.15, 0.2) is 39.5 Å². The zero-order valence-electron chi connectivity index (χ0n) is 19.2. The highest BCUT2D eigenvalue weighted by Crippen LogP contribution is 2.36. The summed E-state index contributed by atoms with van der Waals surface area (Å²) in [7, 11) is 0. The van der Waals surface area contributed by atoms with E-state index in [2.05, 4.69) is 11.0 Å². The predicted molar refractivity (Wildman–Crippen MR) is 128 cm³/mol. The summed E-state index contributed by atoms with van der Waals surface area (Å²) in [5.74, 6) is 0.467. The van der Waals surface area contributed by atoms with Gasteiger partial charge in [0.25, 0.3) is 0 Å². The molecule has 0 saturated heterocycles. The third-order valence-corrected chi connectivity index (χ3v) is 6.39. The van der Waals surface area contributed by atoms with Crippen LogP contribution in [0.3, 0.4) is 0 Å². The van der Waals surface area contributed by atoms with Gasteiger partial charge in [0, 0.05) is 46.6 Å². The molecule has 1 aromatic heterocycles. The highest BCUT2D eigenvalue weighted by Gasteiger charge is 2.24. The molecule has 174 valence electrons. The number of ether oxygens (including phenoxy) is 2. The molecule has 0 atom stereocenters. The van der Waals surface area contributed by atoms with Crippen molar-refractivity contribution in [1.29, 1.82) is 0 Å². The van der Waals surface area contributed by atoms with Crippen LogP contribution in [-0.2, 0) is 28.9 Å². The number of halogens is 1. The van der Waals surface area contributed by atoms with Gasteiger partial charge in [-0.2, -0.15) is 0 Å². The fourth-order valence-electron chi connectivity index (χ4n) is 4.32. The number of rotatable bonds is 7. The van der Waals surface area contributed by atoms with Crippen LogP contribution < -0.4 is 10.4 Å².